The Morgan fingerprint density at radius 2 is 1.90 bits per heavy atom. The summed E-state index contributed by atoms with van der Waals surface area (Å²) in [6.45, 7) is 8.94. The van der Waals surface area contributed by atoms with Gasteiger partial charge in [0.25, 0.3) is 0 Å². The maximum Gasteiger partial charge on any atom is 0.225 e. The van der Waals surface area contributed by atoms with Crippen molar-refractivity contribution in [1.29, 1.82) is 0 Å². The number of piperazine rings is 1. The van der Waals surface area contributed by atoms with E-state index in [0.717, 1.165) is 57.7 Å². The standard InChI is InChI=1S/C23H36FN5O.HI/c1-17-8-9-20(16-21(17)24)18(2)27-23(25-3)26-10-11-28-12-14-29(15-13-28)22(30)19-6-4-5-7-19;/h8-9,16,18-19H,4-7,10-15H2,1-3H3,(H2,25,26,27);1H. The third kappa shape index (κ3) is 7.30. The molecule has 0 spiro atoms. The molecule has 1 aliphatic carbocycles. The number of benzene rings is 1. The molecular formula is C23H37FIN5O. The van der Waals surface area contributed by atoms with Gasteiger partial charge in [-0.25, -0.2) is 4.39 Å². The average molecular weight is 545 g/mol. The molecule has 2 N–H and O–H groups in total. The van der Waals surface area contributed by atoms with Crippen molar-refractivity contribution in [2.45, 2.75) is 45.6 Å². The number of aliphatic imine (C=N–C) groups is 1. The molecule has 6 nitrogen and oxygen atoms in total. The molecule has 1 aromatic carbocycles. The summed E-state index contributed by atoms with van der Waals surface area (Å²) in [5, 5.41) is 6.67. The van der Waals surface area contributed by atoms with Crippen LogP contribution in [-0.2, 0) is 4.79 Å². The van der Waals surface area contributed by atoms with Crippen molar-refractivity contribution in [1.82, 2.24) is 20.4 Å². The topological polar surface area (TPSA) is 60.0 Å². The Hall–Kier alpha value is -1.42. The van der Waals surface area contributed by atoms with E-state index in [1.165, 1.54) is 12.8 Å². The van der Waals surface area contributed by atoms with Crippen LogP contribution in [-0.4, -0.2) is 68.0 Å². The molecule has 2 fully saturated rings. The molecule has 1 amide bonds. The summed E-state index contributed by atoms with van der Waals surface area (Å²) < 4.78 is 13.8. The number of nitrogens with zero attached hydrogens (tertiary/aromatic N) is 3. The first-order valence-electron chi connectivity index (χ1n) is 11.2. The lowest BCUT2D eigenvalue weighted by Crippen LogP contribution is -2.52. The first-order valence-corrected chi connectivity index (χ1v) is 11.2. The molecule has 1 saturated carbocycles. The minimum absolute atomic E-state index is 0. The normalized spacial score (nSPS) is 19.1. The third-order valence-electron chi connectivity index (χ3n) is 6.38. The van der Waals surface area contributed by atoms with Crippen LogP contribution in [0.5, 0.6) is 0 Å². The molecule has 1 unspecified atom stereocenters. The van der Waals surface area contributed by atoms with Gasteiger partial charge >= 0.3 is 0 Å². The highest BCUT2D eigenvalue weighted by Crippen LogP contribution is 2.26. The molecule has 1 atom stereocenters. The van der Waals surface area contributed by atoms with Crippen molar-refractivity contribution in [2.24, 2.45) is 10.9 Å². The highest BCUT2D eigenvalue weighted by Gasteiger charge is 2.29. The molecule has 1 aliphatic heterocycles. The van der Waals surface area contributed by atoms with Gasteiger partial charge in [-0.1, -0.05) is 25.0 Å². The number of halogens is 2. The Morgan fingerprint density at radius 1 is 1.23 bits per heavy atom. The van der Waals surface area contributed by atoms with Gasteiger partial charge in [-0.15, -0.1) is 24.0 Å². The van der Waals surface area contributed by atoms with Crippen LogP contribution in [0.3, 0.4) is 0 Å². The summed E-state index contributed by atoms with van der Waals surface area (Å²) in [6, 6.07) is 5.27. The summed E-state index contributed by atoms with van der Waals surface area (Å²) in [6.07, 6.45) is 4.55. The number of hydrogen-bond acceptors (Lipinski definition) is 3. The van der Waals surface area contributed by atoms with E-state index in [0.29, 0.717) is 17.4 Å². The number of nitrogens with one attached hydrogen (secondary N) is 2. The third-order valence-corrected chi connectivity index (χ3v) is 6.38. The Balaban J connectivity index is 0.00000341. The van der Waals surface area contributed by atoms with E-state index in [1.54, 1.807) is 26.1 Å². The molecule has 0 bridgehead atoms. The van der Waals surface area contributed by atoms with Crippen molar-refractivity contribution in [3.8, 4) is 0 Å². The van der Waals surface area contributed by atoms with E-state index >= 15 is 0 Å². The van der Waals surface area contributed by atoms with E-state index in [-0.39, 0.29) is 41.8 Å². The van der Waals surface area contributed by atoms with Crippen LogP contribution in [0.15, 0.2) is 23.2 Å². The zero-order valence-electron chi connectivity index (χ0n) is 19.0. The van der Waals surface area contributed by atoms with Gasteiger partial charge in [-0.3, -0.25) is 14.7 Å². The number of hydrogen-bond donors (Lipinski definition) is 2. The van der Waals surface area contributed by atoms with Crippen LogP contribution in [0.25, 0.3) is 0 Å². The summed E-state index contributed by atoms with van der Waals surface area (Å²) in [5.74, 6) is 1.17. The highest BCUT2D eigenvalue weighted by atomic mass is 127. The molecule has 1 saturated heterocycles. The van der Waals surface area contributed by atoms with Crippen LogP contribution in [0.4, 0.5) is 4.39 Å². The highest BCUT2D eigenvalue weighted by molar-refractivity contribution is 14.0. The predicted octanol–water partition coefficient (Wildman–Crippen LogP) is 3.31. The average Bonchev–Trinajstić information content (AvgIpc) is 3.29. The van der Waals surface area contributed by atoms with Gasteiger partial charge in [0.2, 0.25) is 5.91 Å². The largest absolute Gasteiger partial charge is 0.355 e. The smallest absolute Gasteiger partial charge is 0.225 e. The first kappa shape index (κ1) is 25.8. The monoisotopic (exact) mass is 545 g/mol. The van der Waals surface area contributed by atoms with Gasteiger partial charge in [0, 0.05) is 52.2 Å². The number of carbonyl (C=O) groups excluding carboxylic acids is 1. The maximum atomic E-state index is 13.8. The maximum absolute atomic E-state index is 13.8. The number of carbonyl (C=O) groups is 1. The Morgan fingerprint density at radius 3 is 2.52 bits per heavy atom. The second kappa shape index (κ2) is 12.6. The fraction of sp³-hybridized carbons (Fsp3) is 0.652. The lowest BCUT2D eigenvalue weighted by Gasteiger charge is -2.36. The SMILES string of the molecule is CN=C(NCCN1CCN(C(=O)C2CCCC2)CC1)NC(C)c1ccc(C)c(F)c1.I. The molecule has 1 heterocycles. The quantitative estimate of drug-likeness (QED) is 0.327. The van der Waals surface area contributed by atoms with Gasteiger partial charge in [0.15, 0.2) is 5.96 Å². The molecule has 31 heavy (non-hydrogen) atoms. The van der Waals surface area contributed by atoms with E-state index in [4.69, 9.17) is 0 Å². The van der Waals surface area contributed by atoms with Crippen LogP contribution in [0.1, 0.15) is 49.8 Å². The molecule has 2 aliphatic rings. The van der Waals surface area contributed by atoms with Crippen molar-refractivity contribution < 1.29 is 9.18 Å². The summed E-state index contributed by atoms with van der Waals surface area (Å²) in [7, 11) is 1.74. The Kier molecular flexibility index (Phi) is 10.5. The van der Waals surface area contributed by atoms with Crippen molar-refractivity contribution in [2.75, 3.05) is 46.3 Å². The van der Waals surface area contributed by atoms with Gasteiger partial charge in [0.05, 0.1) is 6.04 Å². The van der Waals surface area contributed by atoms with Crippen molar-refractivity contribution in [3.63, 3.8) is 0 Å². The Labute approximate surface area is 203 Å². The minimum Gasteiger partial charge on any atom is -0.355 e. The van der Waals surface area contributed by atoms with Crippen LogP contribution in [0.2, 0.25) is 0 Å². The second-order valence-corrected chi connectivity index (χ2v) is 8.52. The summed E-state index contributed by atoms with van der Waals surface area (Å²) in [4.78, 5) is 21.3. The number of guanidine groups is 1. The van der Waals surface area contributed by atoms with Gasteiger partial charge in [0.1, 0.15) is 5.82 Å². The van der Waals surface area contributed by atoms with E-state index < -0.39 is 0 Å². The van der Waals surface area contributed by atoms with E-state index in [2.05, 4.69) is 25.4 Å². The summed E-state index contributed by atoms with van der Waals surface area (Å²) in [5.41, 5.74) is 1.54. The molecule has 8 heteroatoms. The lowest BCUT2D eigenvalue weighted by molar-refractivity contribution is -0.137. The molecule has 3 rings (SSSR count). The lowest BCUT2D eigenvalue weighted by atomic mass is 10.1. The van der Waals surface area contributed by atoms with Crippen LogP contribution in [0, 0.1) is 18.7 Å². The Bertz CT molecular complexity index is 745. The van der Waals surface area contributed by atoms with Crippen molar-refractivity contribution in [3.05, 3.63) is 35.1 Å². The van der Waals surface area contributed by atoms with Gasteiger partial charge in [-0.05, 0) is 43.9 Å². The van der Waals surface area contributed by atoms with Crippen LogP contribution < -0.4 is 10.6 Å². The van der Waals surface area contributed by atoms with E-state index in [1.807, 2.05) is 13.0 Å². The molecule has 0 radical (unpaired) electrons. The second-order valence-electron chi connectivity index (χ2n) is 8.52. The summed E-state index contributed by atoms with van der Waals surface area (Å²) >= 11 is 0. The zero-order chi connectivity index (χ0) is 21.5. The van der Waals surface area contributed by atoms with Gasteiger partial charge < -0.3 is 15.5 Å². The number of amides is 1. The molecule has 174 valence electrons. The number of rotatable bonds is 6. The number of aryl methyl sites for hydroxylation is 1. The molecule has 0 aromatic heterocycles. The fourth-order valence-electron chi connectivity index (χ4n) is 4.32. The zero-order valence-corrected chi connectivity index (χ0v) is 21.3. The van der Waals surface area contributed by atoms with Gasteiger partial charge in [-0.2, -0.15) is 0 Å². The first-order chi connectivity index (χ1) is 14.5. The van der Waals surface area contributed by atoms with Crippen molar-refractivity contribution >= 4 is 35.8 Å². The van der Waals surface area contributed by atoms with E-state index in [9.17, 15) is 9.18 Å². The predicted molar refractivity (Wildman–Crippen MR) is 134 cm³/mol. The fourth-order valence-corrected chi connectivity index (χ4v) is 4.32. The molecule has 1 aromatic rings. The van der Waals surface area contributed by atoms with Crippen LogP contribution >= 0.6 is 24.0 Å². The molecular weight excluding hydrogens is 508 g/mol. The minimum atomic E-state index is -0.186.